The Morgan fingerprint density at radius 1 is 1.40 bits per heavy atom. The number of aromatic nitrogens is 1. The van der Waals surface area contributed by atoms with Crippen LogP contribution in [0.1, 0.15) is 23.2 Å². The standard InChI is InChI=1S/C9H9NO4S/c11-9(12)6-1-4-8(10-5-6)15(13,14)7-2-3-7/h1,4-5,7H,2-3H2,(H,11,12). The number of carboxylic acids is 1. The lowest BCUT2D eigenvalue weighted by Crippen LogP contribution is -2.09. The van der Waals surface area contributed by atoms with Gasteiger partial charge in [0.2, 0.25) is 0 Å². The minimum absolute atomic E-state index is 0.00949. The molecule has 1 saturated carbocycles. The second-order valence-electron chi connectivity index (χ2n) is 3.43. The quantitative estimate of drug-likeness (QED) is 0.822. The van der Waals surface area contributed by atoms with Crippen molar-refractivity contribution < 1.29 is 18.3 Å². The Labute approximate surface area is 86.7 Å². The van der Waals surface area contributed by atoms with E-state index in [1.165, 1.54) is 12.1 Å². The smallest absolute Gasteiger partial charge is 0.337 e. The van der Waals surface area contributed by atoms with Gasteiger partial charge >= 0.3 is 5.97 Å². The molecule has 1 heterocycles. The number of sulfone groups is 1. The summed E-state index contributed by atoms with van der Waals surface area (Å²) in [6, 6.07) is 2.50. The van der Waals surface area contributed by atoms with Crippen LogP contribution in [-0.4, -0.2) is 29.7 Å². The molecule has 0 saturated heterocycles. The maximum absolute atomic E-state index is 11.7. The summed E-state index contributed by atoms with van der Waals surface area (Å²) in [6.07, 6.45) is 2.41. The largest absolute Gasteiger partial charge is 0.478 e. The molecule has 0 amide bonds. The van der Waals surface area contributed by atoms with Gasteiger partial charge in [-0.1, -0.05) is 0 Å². The van der Waals surface area contributed by atoms with E-state index in [4.69, 9.17) is 5.11 Å². The summed E-state index contributed by atoms with van der Waals surface area (Å²) >= 11 is 0. The number of aromatic carboxylic acids is 1. The van der Waals surface area contributed by atoms with Gasteiger partial charge in [0.1, 0.15) is 0 Å². The van der Waals surface area contributed by atoms with Gasteiger partial charge in [0, 0.05) is 6.20 Å². The summed E-state index contributed by atoms with van der Waals surface area (Å²) < 4.78 is 23.3. The van der Waals surface area contributed by atoms with Crippen LogP contribution in [0.4, 0.5) is 0 Å². The summed E-state index contributed by atoms with van der Waals surface area (Å²) in [5.74, 6) is -1.11. The molecule has 1 N–H and O–H groups in total. The van der Waals surface area contributed by atoms with Crippen LogP contribution in [-0.2, 0) is 9.84 Å². The Morgan fingerprint density at radius 3 is 2.47 bits per heavy atom. The lowest BCUT2D eigenvalue weighted by Gasteiger charge is -2.01. The third-order valence-corrected chi connectivity index (χ3v) is 4.41. The third kappa shape index (κ3) is 1.85. The molecule has 5 nitrogen and oxygen atoms in total. The number of carboxylic acid groups (broad SMARTS) is 1. The first-order valence-electron chi connectivity index (χ1n) is 4.45. The maximum atomic E-state index is 11.7. The minimum atomic E-state index is -3.31. The van der Waals surface area contributed by atoms with Crippen molar-refractivity contribution in [1.82, 2.24) is 4.98 Å². The molecule has 6 heteroatoms. The number of rotatable bonds is 3. The average Bonchev–Trinajstić information content (AvgIpc) is 3.01. The molecule has 15 heavy (non-hydrogen) atoms. The van der Waals surface area contributed by atoms with Crippen LogP contribution in [0, 0.1) is 0 Å². The molecule has 0 bridgehead atoms. The Bertz CT molecular complexity index is 487. The van der Waals surface area contributed by atoms with E-state index < -0.39 is 15.8 Å². The first-order valence-corrected chi connectivity index (χ1v) is 5.99. The van der Waals surface area contributed by atoms with Gasteiger partial charge in [-0.15, -0.1) is 0 Å². The fourth-order valence-corrected chi connectivity index (χ4v) is 2.78. The van der Waals surface area contributed by atoms with Gasteiger partial charge in [-0.3, -0.25) is 0 Å². The molecule has 0 aromatic carbocycles. The van der Waals surface area contributed by atoms with E-state index >= 15 is 0 Å². The van der Waals surface area contributed by atoms with E-state index in [0.717, 1.165) is 6.20 Å². The zero-order valence-electron chi connectivity index (χ0n) is 7.75. The first-order chi connectivity index (χ1) is 7.01. The van der Waals surface area contributed by atoms with Crippen molar-refractivity contribution in [3.8, 4) is 0 Å². The van der Waals surface area contributed by atoms with Crippen molar-refractivity contribution in [3.63, 3.8) is 0 Å². The lowest BCUT2D eigenvalue weighted by atomic mass is 10.3. The molecule has 0 spiro atoms. The van der Waals surface area contributed by atoms with Gasteiger partial charge in [0.25, 0.3) is 0 Å². The fourth-order valence-electron chi connectivity index (χ4n) is 1.22. The predicted octanol–water partition coefficient (Wildman–Crippen LogP) is 0.716. The predicted molar refractivity (Wildman–Crippen MR) is 51.4 cm³/mol. The number of carbonyl (C=O) groups is 1. The van der Waals surface area contributed by atoms with Gasteiger partial charge in [0.05, 0.1) is 10.8 Å². The van der Waals surface area contributed by atoms with Gasteiger partial charge in [-0.25, -0.2) is 18.2 Å². The van der Waals surface area contributed by atoms with Gasteiger partial charge in [0.15, 0.2) is 14.9 Å². The second kappa shape index (κ2) is 3.30. The molecular formula is C9H9NO4S. The molecule has 80 valence electrons. The summed E-state index contributed by atoms with van der Waals surface area (Å²) in [5.41, 5.74) is -0.00949. The van der Waals surface area contributed by atoms with E-state index in [-0.39, 0.29) is 15.8 Å². The highest BCUT2D eigenvalue weighted by Gasteiger charge is 2.37. The van der Waals surface area contributed by atoms with Crippen molar-refractivity contribution in [2.45, 2.75) is 23.1 Å². The van der Waals surface area contributed by atoms with Crippen molar-refractivity contribution in [1.29, 1.82) is 0 Å². The molecular weight excluding hydrogens is 218 g/mol. The van der Waals surface area contributed by atoms with E-state index in [1.807, 2.05) is 0 Å². The van der Waals surface area contributed by atoms with Crippen LogP contribution in [0.2, 0.25) is 0 Å². The van der Waals surface area contributed by atoms with E-state index in [1.54, 1.807) is 0 Å². The molecule has 0 atom stereocenters. The van der Waals surface area contributed by atoms with E-state index in [0.29, 0.717) is 12.8 Å². The minimum Gasteiger partial charge on any atom is -0.478 e. The molecule has 0 radical (unpaired) electrons. The van der Waals surface area contributed by atoms with Gasteiger partial charge in [-0.05, 0) is 25.0 Å². The Balaban J connectivity index is 2.35. The number of pyridine rings is 1. The number of hydrogen-bond donors (Lipinski definition) is 1. The molecule has 1 aliphatic rings. The monoisotopic (exact) mass is 227 g/mol. The Hall–Kier alpha value is -1.43. The highest BCUT2D eigenvalue weighted by atomic mass is 32.2. The van der Waals surface area contributed by atoms with Crippen LogP contribution in [0.5, 0.6) is 0 Å². The fraction of sp³-hybridized carbons (Fsp3) is 0.333. The summed E-state index contributed by atoms with van der Waals surface area (Å²) in [7, 11) is -3.31. The third-order valence-electron chi connectivity index (χ3n) is 2.24. The molecule has 1 aromatic rings. The lowest BCUT2D eigenvalue weighted by molar-refractivity contribution is 0.0696. The Kier molecular flexibility index (Phi) is 2.22. The topological polar surface area (TPSA) is 84.3 Å². The number of hydrogen-bond acceptors (Lipinski definition) is 4. The van der Waals surface area contributed by atoms with Crippen molar-refractivity contribution >= 4 is 15.8 Å². The SMILES string of the molecule is O=C(O)c1ccc(S(=O)(=O)C2CC2)nc1. The summed E-state index contributed by atoms with van der Waals surface area (Å²) in [6.45, 7) is 0. The zero-order valence-corrected chi connectivity index (χ0v) is 8.57. The number of nitrogens with zero attached hydrogens (tertiary/aromatic N) is 1. The Morgan fingerprint density at radius 2 is 2.07 bits per heavy atom. The summed E-state index contributed by atoms with van der Waals surface area (Å²) in [4.78, 5) is 14.2. The normalized spacial score (nSPS) is 16.3. The summed E-state index contributed by atoms with van der Waals surface area (Å²) in [5, 5.41) is 8.26. The first kappa shape index (κ1) is 10.1. The molecule has 1 fully saturated rings. The van der Waals surface area contributed by atoms with Gasteiger partial charge in [-0.2, -0.15) is 0 Å². The highest BCUT2D eigenvalue weighted by molar-refractivity contribution is 7.92. The van der Waals surface area contributed by atoms with E-state index in [9.17, 15) is 13.2 Å². The molecule has 0 unspecified atom stereocenters. The molecule has 1 aliphatic carbocycles. The second-order valence-corrected chi connectivity index (χ2v) is 5.61. The average molecular weight is 227 g/mol. The zero-order chi connectivity index (χ0) is 11.1. The van der Waals surface area contributed by atoms with Crippen molar-refractivity contribution in [2.75, 3.05) is 0 Å². The maximum Gasteiger partial charge on any atom is 0.337 e. The molecule has 1 aromatic heterocycles. The molecule has 0 aliphatic heterocycles. The van der Waals surface area contributed by atoms with Crippen LogP contribution in [0.25, 0.3) is 0 Å². The highest BCUT2D eigenvalue weighted by Crippen LogP contribution is 2.32. The van der Waals surface area contributed by atoms with Crippen molar-refractivity contribution in [3.05, 3.63) is 23.9 Å². The van der Waals surface area contributed by atoms with E-state index in [2.05, 4.69) is 4.98 Å². The van der Waals surface area contributed by atoms with Crippen LogP contribution in [0.15, 0.2) is 23.4 Å². The van der Waals surface area contributed by atoms with Crippen LogP contribution < -0.4 is 0 Å². The van der Waals surface area contributed by atoms with Crippen molar-refractivity contribution in [2.24, 2.45) is 0 Å². The van der Waals surface area contributed by atoms with Crippen LogP contribution >= 0.6 is 0 Å². The van der Waals surface area contributed by atoms with Gasteiger partial charge < -0.3 is 5.11 Å². The van der Waals surface area contributed by atoms with Crippen LogP contribution in [0.3, 0.4) is 0 Å². The molecule has 2 rings (SSSR count).